The van der Waals surface area contributed by atoms with Crippen molar-refractivity contribution >= 4 is 5.97 Å². The summed E-state index contributed by atoms with van der Waals surface area (Å²) in [7, 11) is 0. The molecule has 0 aromatic carbocycles. The monoisotopic (exact) mass is 272 g/mol. The minimum atomic E-state index is -6.57. The molecule has 10 heteroatoms. The van der Waals surface area contributed by atoms with Crippen molar-refractivity contribution in [1.82, 2.24) is 0 Å². The summed E-state index contributed by atoms with van der Waals surface area (Å²) in [6, 6.07) is 0. The van der Waals surface area contributed by atoms with Gasteiger partial charge in [-0.05, 0) is 0 Å². The lowest BCUT2D eigenvalue weighted by atomic mass is 10.0. The van der Waals surface area contributed by atoms with Crippen molar-refractivity contribution in [3.63, 3.8) is 0 Å². The molecule has 1 N–H and O–H groups in total. The fourth-order valence-electron chi connectivity index (χ4n) is 0.718. The normalized spacial score (nSPS) is 14.9. The average Bonchev–Trinajstić information content (AvgIpc) is 2.11. The van der Waals surface area contributed by atoms with Crippen molar-refractivity contribution < 1.29 is 45.0 Å². The number of carbonyl (C=O) groups is 1. The molecule has 0 unspecified atom stereocenters. The average molecular weight is 272 g/mol. The molecule has 0 aliphatic carbocycles. The van der Waals surface area contributed by atoms with Crippen molar-refractivity contribution in [1.29, 1.82) is 0 Å². The van der Waals surface area contributed by atoms with E-state index in [0.29, 0.717) is 0 Å². The van der Waals surface area contributed by atoms with Gasteiger partial charge in [-0.3, -0.25) is 0 Å². The van der Waals surface area contributed by atoms with Crippen molar-refractivity contribution in [3.05, 3.63) is 11.9 Å². The van der Waals surface area contributed by atoms with E-state index in [1.165, 1.54) is 0 Å². The van der Waals surface area contributed by atoms with Gasteiger partial charge in [0.1, 0.15) is 0 Å². The lowest BCUT2D eigenvalue weighted by Crippen LogP contribution is -2.52. The Morgan fingerprint density at radius 3 is 1.71 bits per heavy atom. The third-order valence-corrected chi connectivity index (χ3v) is 1.63. The molecule has 0 aromatic heterocycles. The van der Waals surface area contributed by atoms with Crippen LogP contribution in [0.25, 0.3) is 0 Å². The van der Waals surface area contributed by atoms with Gasteiger partial charge in [0.25, 0.3) is 0 Å². The molecule has 0 saturated carbocycles. The summed E-state index contributed by atoms with van der Waals surface area (Å²) in [5, 5.41) is 8.04. The van der Waals surface area contributed by atoms with E-state index in [0.717, 1.165) is 0 Å². The van der Waals surface area contributed by atoms with Crippen LogP contribution < -0.4 is 0 Å². The molecule has 0 aliphatic rings. The maximum absolute atomic E-state index is 12.6. The second kappa shape index (κ2) is 4.49. The maximum Gasteiger partial charge on any atom is 0.459 e. The highest BCUT2D eigenvalue weighted by Crippen LogP contribution is 2.48. The zero-order valence-electron chi connectivity index (χ0n) is 7.66. The van der Waals surface area contributed by atoms with Crippen LogP contribution in [0, 0.1) is 0 Å². The van der Waals surface area contributed by atoms with Gasteiger partial charge in [0.05, 0.1) is 18.3 Å². The molecule has 2 nitrogen and oxygen atoms in total. The molecule has 0 saturated heterocycles. The zero-order valence-corrected chi connectivity index (χ0v) is 7.66. The summed E-state index contributed by atoms with van der Waals surface area (Å²) in [4.78, 5) is 10.0. The molecule has 0 aliphatic heterocycles. The Kier molecular flexibility index (Phi) is 4.14. The Morgan fingerprint density at radius 1 is 1.06 bits per heavy atom. The van der Waals surface area contributed by atoms with Crippen molar-refractivity contribution in [2.24, 2.45) is 0 Å². The van der Waals surface area contributed by atoms with Gasteiger partial charge in [-0.2, -0.15) is 30.7 Å². The fourth-order valence-corrected chi connectivity index (χ4v) is 0.718. The summed E-state index contributed by atoms with van der Waals surface area (Å²) in [5.41, 5.74) is -1.89. The highest BCUT2D eigenvalue weighted by molar-refractivity contribution is 5.86. The Bertz CT molecular complexity index is 329. The van der Waals surface area contributed by atoms with E-state index in [1.54, 1.807) is 0 Å². The minimum Gasteiger partial charge on any atom is -0.478 e. The number of alkyl halides is 7. The van der Waals surface area contributed by atoms with Crippen LogP contribution in [0.15, 0.2) is 11.9 Å². The van der Waals surface area contributed by atoms with Gasteiger partial charge in [-0.25, -0.2) is 9.18 Å². The van der Waals surface area contributed by atoms with Gasteiger partial charge in [0.15, 0.2) is 0 Å². The first kappa shape index (κ1) is 15.6. The molecule has 0 rings (SSSR count). The zero-order chi connectivity index (χ0) is 14.1. The summed E-state index contributed by atoms with van der Waals surface area (Å²) < 4.78 is 96.1. The van der Waals surface area contributed by atoms with Crippen LogP contribution in [0.5, 0.6) is 0 Å². The van der Waals surface area contributed by atoms with Crippen molar-refractivity contribution in [2.45, 2.75) is 24.4 Å². The predicted octanol–water partition coefficient (Wildman–Crippen LogP) is 3.15. The summed E-state index contributed by atoms with van der Waals surface area (Å²) in [6.07, 6.45) is -10.1. The third-order valence-electron chi connectivity index (χ3n) is 1.63. The first-order valence-electron chi connectivity index (χ1n) is 3.71. The van der Waals surface area contributed by atoms with Crippen LogP contribution in [0.1, 0.15) is 6.42 Å². The Hall–Kier alpha value is -1.35. The molecule has 0 bridgehead atoms. The second-order valence-electron chi connectivity index (χ2n) is 2.89. The van der Waals surface area contributed by atoms with Crippen LogP contribution in [0.2, 0.25) is 0 Å². The molecule has 0 amide bonds. The van der Waals surface area contributed by atoms with E-state index in [2.05, 4.69) is 0 Å². The highest BCUT2D eigenvalue weighted by Gasteiger charge is 2.72. The van der Waals surface area contributed by atoms with Gasteiger partial charge >= 0.3 is 24.0 Å². The van der Waals surface area contributed by atoms with E-state index >= 15 is 0 Å². The molecule has 0 fully saturated rings. The summed E-state index contributed by atoms with van der Waals surface area (Å²) in [6.45, 7) is 0. The molecule has 17 heavy (non-hydrogen) atoms. The van der Waals surface area contributed by atoms with Gasteiger partial charge in [0, 0.05) is 0 Å². The summed E-state index contributed by atoms with van der Waals surface area (Å²) in [5.74, 6) is -14.6. The Balaban J connectivity index is 5.23. The summed E-state index contributed by atoms with van der Waals surface area (Å²) >= 11 is 0. The Morgan fingerprint density at radius 2 is 1.47 bits per heavy atom. The SMILES string of the molecule is O=C(O)C(=CF)CC(F)(F)C(F)(F)C(F)(F)F. The van der Waals surface area contributed by atoms with E-state index in [-0.39, 0.29) is 0 Å². The van der Waals surface area contributed by atoms with Gasteiger partial charge in [-0.15, -0.1) is 0 Å². The molecular weight excluding hydrogens is 268 g/mol. The number of carboxylic acid groups (broad SMARTS) is 1. The number of hydrogen-bond donors (Lipinski definition) is 1. The van der Waals surface area contributed by atoms with Crippen LogP contribution in [0.3, 0.4) is 0 Å². The lowest BCUT2D eigenvalue weighted by Gasteiger charge is -2.28. The maximum atomic E-state index is 12.6. The Labute approximate surface area is 88.5 Å². The van der Waals surface area contributed by atoms with E-state index < -0.39 is 42.3 Å². The largest absolute Gasteiger partial charge is 0.478 e. The fraction of sp³-hybridized carbons (Fsp3) is 0.571. The lowest BCUT2D eigenvalue weighted by molar-refractivity contribution is -0.353. The molecule has 0 atom stereocenters. The second-order valence-corrected chi connectivity index (χ2v) is 2.89. The first-order chi connectivity index (χ1) is 7.37. The van der Waals surface area contributed by atoms with Crippen LogP contribution in [-0.2, 0) is 4.79 Å². The van der Waals surface area contributed by atoms with Gasteiger partial charge < -0.3 is 5.11 Å². The number of halogens is 8. The topological polar surface area (TPSA) is 37.3 Å². The quantitative estimate of drug-likeness (QED) is 0.630. The van der Waals surface area contributed by atoms with Crippen LogP contribution in [0.4, 0.5) is 35.1 Å². The van der Waals surface area contributed by atoms with E-state index in [9.17, 15) is 39.9 Å². The number of hydrogen-bond acceptors (Lipinski definition) is 1. The van der Waals surface area contributed by atoms with Crippen LogP contribution >= 0.6 is 0 Å². The van der Waals surface area contributed by atoms with Gasteiger partial charge in [0.2, 0.25) is 0 Å². The van der Waals surface area contributed by atoms with E-state index in [4.69, 9.17) is 5.11 Å². The molecule has 100 valence electrons. The van der Waals surface area contributed by atoms with E-state index in [1.807, 2.05) is 0 Å². The highest BCUT2D eigenvalue weighted by atomic mass is 19.4. The number of aliphatic carboxylic acids is 1. The molecule has 0 spiro atoms. The predicted molar refractivity (Wildman–Crippen MR) is 37.4 cm³/mol. The third kappa shape index (κ3) is 3.07. The smallest absolute Gasteiger partial charge is 0.459 e. The molecule has 0 radical (unpaired) electrons. The minimum absolute atomic E-state index is 0.970. The van der Waals surface area contributed by atoms with Crippen molar-refractivity contribution in [2.75, 3.05) is 0 Å². The number of carboxylic acids is 1. The number of rotatable bonds is 4. The molecule has 0 aromatic rings. The van der Waals surface area contributed by atoms with Gasteiger partial charge in [-0.1, -0.05) is 0 Å². The standard InChI is InChI=1S/C7H4F8O2/c8-2-3(4(16)17)1-5(9,10)6(11,12)7(13,14)15/h2H,1H2,(H,16,17). The van der Waals surface area contributed by atoms with Crippen molar-refractivity contribution in [3.8, 4) is 0 Å². The molecule has 0 heterocycles. The molecular formula is C7H4F8O2. The van der Waals surface area contributed by atoms with Crippen LogP contribution in [-0.4, -0.2) is 29.1 Å². The first-order valence-corrected chi connectivity index (χ1v) is 3.71.